The maximum atomic E-state index is 10.7. The molecule has 2 nitrogen and oxygen atoms in total. The smallest absolute Gasteiger partial charge is 0.113 e. The average molecular weight is 249 g/mol. The van der Waals surface area contributed by atoms with Crippen LogP contribution in [0.25, 0.3) is 0 Å². The van der Waals surface area contributed by atoms with Crippen LogP contribution >= 0.6 is 0 Å². The first-order valence-corrected chi connectivity index (χ1v) is 6.50. The molecular weight excluding hydrogens is 234 g/mol. The second kappa shape index (κ2) is 4.53. The van der Waals surface area contributed by atoms with E-state index in [1.165, 1.54) is 5.56 Å². The first kappa shape index (κ1) is 12.0. The number of aliphatic hydroxyl groups is 1. The molecule has 0 fully saturated rings. The van der Waals surface area contributed by atoms with Gasteiger partial charge in [0.1, 0.15) is 11.5 Å². The molecule has 2 aromatic carbocycles. The lowest BCUT2D eigenvalue weighted by molar-refractivity contribution is 0.111. The second-order valence-corrected chi connectivity index (χ2v) is 5.05. The highest BCUT2D eigenvalue weighted by Gasteiger charge is 2.45. The van der Waals surface area contributed by atoms with Gasteiger partial charge in [-0.05, 0) is 29.5 Å². The quantitative estimate of drug-likeness (QED) is 0.888. The summed E-state index contributed by atoms with van der Waals surface area (Å²) in [5.41, 5.74) is 2.16. The molecule has 0 amide bonds. The Balaban J connectivity index is 2.10. The first-order valence-electron chi connectivity index (χ1n) is 6.50. The van der Waals surface area contributed by atoms with Gasteiger partial charge in [-0.25, -0.2) is 0 Å². The van der Waals surface area contributed by atoms with E-state index in [1.807, 2.05) is 54.6 Å². The predicted octanol–water partition coefficient (Wildman–Crippen LogP) is 3.13. The van der Waals surface area contributed by atoms with Crippen molar-refractivity contribution in [2.45, 2.75) is 24.4 Å². The molecule has 2 aromatic rings. The van der Waals surface area contributed by atoms with Crippen LogP contribution in [0.1, 0.15) is 29.2 Å². The molecule has 1 aliphatic rings. The van der Waals surface area contributed by atoms with Gasteiger partial charge >= 0.3 is 0 Å². The molecule has 0 heterocycles. The highest BCUT2D eigenvalue weighted by molar-refractivity contribution is 5.47. The van der Waals surface area contributed by atoms with Gasteiger partial charge in [-0.1, -0.05) is 54.6 Å². The molecule has 94 valence electrons. The summed E-state index contributed by atoms with van der Waals surface area (Å²) in [6.07, 6.45) is 0.759. The van der Waals surface area contributed by atoms with Crippen molar-refractivity contribution in [2.75, 3.05) is 0 Å². The molecule has 1 N–H and O–H groups in total. The topological polar surface area (TPSA) is 44.0 Å². The van der Waals surface area contributed by atoms with Gasteiger partial charge < -0.3 is 5.11 Å². The zero-order valence-electron chi connectivity index (χ0n) is 10.6. The van der Waals surface area contributed by atoms with E-state index in [0.29, 0.717) is 6.42 Å². The number of rotatable bonds is 2. The monoisotopic (exact) mass is 249 g/mol. The molecular formula is C17H15NO. The van der Waals surface area contributed by atoms with Crippen molar-refractivity contribution in [3.63, 3.8) is 0 Å². The number of aliphatic hydroxyl groups excluding tert-OH is 1. The Labute approximate surface area is 112 Å². The van der Waals surface area contributed by atoms with Gasteiger partial charge in [0.25, 0.3) is 0 Å². The van der Waals surface area contributed by atoms with Crippen LogP contribution in [0.5, 0.6) is 0 Å². The fraction of sp³-hybridized carbons (Fsp3) is 0.235. The molecule has 0 bridgehead atoms. The van der Waals surface area contributed by atoms with Crippen molar-refractivity contribution in [2.24, 2.45) is 0 Å². The van der Waals surface area contributed by atoms with Crippen LogP contribution in [0, 0.1) is 11.3 Å². The second-order valence-electron chi connectivity index (χ2n) is 5.05. The van der Waals surface area contributed by atoms with Gasteiger partial charge in [0.2, 0.25) is 0 Å². The van der Waals surface area contributed by atoms with Gasteiger partial charge in [0.15, 0.2) is 0 Å². The fourth-order valence-electron chi connectivity index (χ4n) is 3.02. The maximum Gasteiger partial charge on any atom is 0.113 e. The summed E-state index contributed by atoms with van der Waals surface area (Å²) in [6.45, 7) is 0. The number of hydrogen-bond donors (Lipinski definition) is 1. The highest BCUT2D eigenvalue weighted by Crippen LogP contribution is 2.46. The van der Waals surface area contributed by atoms with E-state index in [9.17, 15) is 10.4 Å². The lowest BCUT2D eigenvalue weighted by atomic mass is 9.75. The van der Waals surface area contributed by atoms with Crippen LogP contribution in [-0.2, 0) is 11.8 Å². The molecule has 3 rings (SSSR count). The number of nitriles is 1. The molecule has 0 saturated heterocycles. The Hall–Kier alpha value is -2.11. The fourth-order valence-corrected chi connectivity index (χ4v) is 3.02. The minimum atomic E-state index is -0.808. The normalized spacial score (nSPS) is 22.5. The Bertz CT molecular complexity index is 629. The Kier molecular flexibility index (Phi) is 2.85. The van der Waals surface area contributed by atoms with Gasteiger partial charge in [-0.2, -0.15) is 5.26 Å². The number of benzene rings is 2. The summed E-state index contributed by atoms with van der Waals surface area (Å²) in [4.78, 5) is 0. The standard InChI is InChI=1S/C17H15NO/c18-12-17(16(19)14-7-2-1-3-8-14)11-10-13-6-4-5-9-15(13)17/h1-9,16,19H,10-11H2. The van der Waals surface area contributed by atoms with Crippen LogP contribution in [-0.4, -0.2) is 5.11 Å². The van der Waals surface area contributed by atoms with E-state index < -0.39 is 11.5 Å². The van der Waals surface area contributed by atoms with E-state index in [4.69, 9.17) is 0 Å². The van der Waals surface area contributed by atoms with Crippen molar-refractivity contribution in [1.29, 1.82) is 5.26 Å². The molecule has 0 radical (unpaired) electrons. The van der Waals surface area contributed by atoms with Gasteiger partial charge in [-0.15, -0.1) is 0 Å². The minimum absolute atomic E-state index is 0.679. The minimum Gasteiger partial charge on any atom is -0.386 e. The number of aryl methyl sites for hydroxylation is 1. The molecule has 19 heavy (non-hydrogen) atoms. The molecule has 2 unspecified atom stereocenters. The van der Waals surface area contributed by atoms with Gasteiger partial charge in [-0.3, -0.25) is 0 Å². The maximum absolute atomic E-state index is 10.7. The average Bonchev–Trinajstić information content (AvgIpc) is 2.87. The van der Waals surface area contributed by atoms with E-state index >= 15 is 0 Å². The molecule has 0 aromatic heterocycles. The van der Waals surface area contributed by atoms with E-state index in [1.54, 1.807) is 0 Å². The Morgan fingerprint density at radius 2 is 1.74 bits per heavy atom. The lowest BCUT2D eigenvalue weighted by Gasteiger charge is -2.28. The Morgan fingerprint density at radius 3 is 2.47 bits per heavy atom. The zero-order valence-corrected chi connectivity index (χ0v) is 10.6. The van der Waals surface area contributed by atoms with Crippen LogP contribution in [0.4, 0.5) is 0 Å². The molecule has 1 aliphatic carbocycles. The van der Waals surface area contributed by atoms with Crippen LogP contribution in [0.15, 0.2) is 54.6 Å². The first-order chi connectivity index (χ1) is 9.28. The van der Waals surface area contributed by atoms with Gasteiger partial charge in [0.05, 0.1) is 6.07 Å². The van der Waals surface area contributed by atoms with Crippen molar-refractivity contribution >= 4 is 0 Å². The lowest BCUT2D eigenvalue weighted by Crippen LogP contribution is -2.29. The number of nitrogens with zero attached hydrogens (tertiary/aromatic N) is 1. The van der Waals surface area contributed by atoms with Crippen molar-refractivity contribution in [3.05, 3.63) is 71.3 Å². The predicted molar refractivity (Wildman–Crippen MR) is 73.5 cm³/mol. The summed E-state index contributed by atoms with van der Waals surface area (Å²) < 4.78 is 0. The number of fused-ring (bicyclic) bond motifs is 1. The third-order valence-corrected chi connectivity index (χ3v) is 4.07. The Morgan fingerprint density at radius 1 is 1.05 bits per heavy atom. The van der Waals surface area contributed by atoms with Gasteiger partial charge in [0, 0.05) is 0 Å². The summed E-state index contributed by atoms with van der Waals surface area (Å²) in [7, 11) is 0. The SMILES string of the molecule is N#CC1(C(O)c2ccccc2)CCc2ccccc21. The molecule has 2 heteroatoms. The van der Waals surface area contributed by atoms with Crippen LogP contribution in [0.3, 0.4) is 0 Å². The highest BCUT2D eigenvalue weighted by atomic mass is 16.3. The molecule has 0 aliphatic heterocycles. The summed E-state index contributed by atoms with van der Waals surface area (Å²) >= 11 is 0. The zero-order chi connectivity index (χ0) is 13.3. The van der Waals surface area contributed by atoms with E-state index in [0.717, 1.165) is 17.5 Å². The largest absolute Gasteiger partial charge is 0.386 e. The molecule has 0 saturated carbocycles. The summed E-state index contributed by atoms with van der Waals surface area (Å²) in [6, 6.07) is 19.8. The third kappa shape index (κ3) is 1.75. The third-order valence-electron chi connectivity index (χ3n) is 4.07. The van der Waals surface area contributed by atoms with Crippen molar-refractivity contribution in [3.8, 4) is 6.07 Å². The number of hydrogen-bond acceptors (Lipinski definition) is 2. The molecule has 2 atom stereocenters. The van der Waals surface area contributed by atoms with Crippen molar-refractivity contribution < 1.29 is 5.11 Å². The van der Waals surface area contributed by atoms with E-state index in [2.05, 4.69) is 6.07 Å². The van der Waals surface area contributed by atoms with Crippen LogP contribution < -0.4 is 0 Å². The summed E-state index contributed by atoms with van der Waals surface area (Å²) in [5, 5.41) is 20.4. The summed E-state index contributed by atoms with van der Waals surface area (Å²) in [5.74, 6) is 0. The van der Waals surface area contributed by atoms with Crippen LogP contribution in [0.2, 0.25) is 0 Å². The van der Waals surface area contributed by atoms with E-state index in [-0.39, 0.29) is 0 Å². The van der Waals surface area contributed by atoms with Crippen molar-refractivity contribution in [1.82, 2.24) is 0 Å². The molecule has 0 spiro atoms.